The summed E-state index contributed by atoms with van der Waals surface area (Å²) in [5, 5.41) is 2.82. The molecular weight excluding hydrogens is 581 g/mol. The van der Waals surface area contributed by atoms with Crippen LogP contribution in [0.25, 0.3) is 0 Å². The van der Waals surface area contributed by atoms with Gasteiger partial charge in [-0.3, -0.25) is 13.9 Å². The number of amides is 2. The van der Waals surface area contributed by atoms with Gasteiger partial charge in [-0.05, 0) is 61.4 Å². The van der Waals surface area contributed by atoms with Crippen LogP contribution in [0.3, 0.4) is 0 Å². The summed E-state index contributed by atoms with van der Waals surface area (Å²) in [6.45, 7) is 3.49. The highest BCUT2D eigenvalue weighted by Crippen LogP contribution is 2.33. The van der Waals surface area contributed by atoms with Crippen LogP contribution in [-0.4, -0.2) is 50.9 Å². The maximum Gasteiger partial charge on any atom is 0.264 e. The van der Waals surface area contributed by atoms with Crippen LogP contribution < -0.4 is 14.4 Å². The first-order valence-electron chi connectivity index (χ1n) is 14.4. The number of nitrogens with one attached hydrogen (secondary N) is 1. The first-order chi connectivity index (χ1) is 21.2. The van der Waals surface area contributed by atoms with Gasteiger partial charge in [0.25, 0.3) is 10.0 Å². The molecular formula is C34H36FN3O5S. The molecule has 0 heterocycles. The number of rotatable bonds is 14. The molecule has 44 heavy (non-hydrogen) atoms. The van der Waals surface area contributed by atoms with E-state index in [1.807, 2.05) is 30.3 Å². The molecule has 0 bridgehead atoms. The predicted octanol–water partition coefficient (Wildman–Crippen LogP) is 5.20. The Labute approximate surface area is 258 Å². The fourth-order valence-corrected chi connectivity index (χ4v) is 6.25. The number of halogens is 1. The summed E-state index contributed by atoms with van der Waals surface area (Å²) in [6.07, 6.45) is 0.181. The fourth-order valence-electron chi connectivity index (χ4n) is 4.81. The van der Waals surface area contributed by atoms with Gasteiger partial charge in [0.2, 0.25) is 11.8 Å². The van der Waals surface area contributed by atoms with E-state index in [4.69, 9.17) is 4.74 Å². The molecule has 0 radical (unpaired) electrons. The van der Waals surface area contributed by atoms with E-state index in [-0.39, 0.29) is 41.8 Å². The Morgan fingerprint density at radius 3 is 2.07 bits per heavy atom. The minimum absolute atomic E-state index is 0.00579. The van der Waals surface area contributed by atoms with Gasteiger partial charge in [0.05, 0.1) is 17.2 Å². The van der Waals surface area contributed by atoms with E-state index in [1.54, 1.807) is 56.3 Å². The lowest BCUT2D eigenvalue weighted by molar-refractivity contribution is -0.140. The zero-order chi connectivity index (χ0) is 31.5. The van der Waals surface area contributed by atoms with Crippen molar-refractivity contribution in [3.63, 3.8) is 0 Å². The van der Waals surface area contributed by atoms with Crippen molar-refractivity contribution >= 4 is 27.5 Å². The largest absolute Gasteiger partial charge is 0.492 e. The summed E-state index contributed by atoms with van der Waals surface area (Å²) >= 11 is 0. The summed E-state index contributed by atoms with van der Waals surface area (Å²) in [6, 6.07) is 28.3. The molecule has 0 aliphatic rings. The summed E-state index contributed by atoms with van der Waals surface area (Å²) in [5.74, 6) is -1.16. The van der Waals surface area contributed by atoms with Crippen LogP contribution in [-0.2, 0) is 32.6 Å². The molecule has 1 N–H and O–H groups in total. The molecule has 4 rings (SSSR count). The summed E-state index contributed by atoms with van der Waals surface area (Å²) < 4.78 is 48.8. The summed E-state index contributed by atoms with van der Waals surface area (Å²) in [7, 11) is -4.26. The minimum atomic E-state index is -4.26. The number of sulfonamides is 1. The van der Waals surface area contributed by atoms with Gasteiger partial charge in [0.1, 0.15) is 24.2 Å². The van der Waals surface area contributed by atoms with Gasteiger partial charge in [-0.1, -0.05) is 72.8 Å². The van der Waals surface area contributed by atoms with Gasteiger partial charge < -0.3 is 15.0 Å². The van der Waals surface area contributed by atoms with Crippen LogP contribution >= 0.6 is 0 Å². The normalized spacial score (nSPS) is 11.8. The van der Waals surface area contributed by atoms with Crippen LogP contribution in [0, 0.1) is 5.82 Å². The number of benzene rings is 4. The second-order valence-electron chi connectivity index (χ2n) is 9.97. The van der Waals surface area contributed by atoms with Gasteiger partial charge in [-0.25, -0.2) is 12.8 Å². The molecule has 0 aliphatic heterocycles. The van der Waals surface area contributed by atoms with Crippen molar-refractivity contribution in [3.05, 3.63) is 126 Å². The maximum atomic E-state index is 14.4. The lowest BCUT2D eigenvalue weighted by Gasteiger charge is -2.34. The molecule has 0 saturated heterocycles. The van der Waals surface area contributed by atoms with E-state index >= 15 is 0 Å². The van der Waals surface area contributed by atoms with Crippen LogP contribution in [0.15, 0.2) is 114 Å². The highest BCUT2D eigenvalue weighted by atomic mass is 32.2. The number of nitrogens with zero attached hydrogens (tertiary/aromatic N) is 2. The van der Waals surface area contributed by atoms with Gasteiger partial charge in [-0.15, -0.1) is 0 Å². The monoisotopic (exact) mass is 617 g/mol. The van der Waals surface area contributed by atoms with Crippen LogP contribution in [0.2, 0.25) is 0 Å². The molecule has 1 atom stereocenters. The Balaban J connectivity index is 1.82. The van der Waals surface area contributed by atoms with E-state index in [1.165, 1.54) is 41.3 Å². The molecule has 0 fully saturated rings. The standard InChI is InChI=1S/C34H36FN3O5S/c1-3-36-34(40)31(23-26-13-7-5-8-14-26)37(24-27-19-21-28(35)22-20-27)33(39)25-38(30-17-11-12-18-32(30)43-4-2)44(41,42)29-15-9-6-10-16-29/h5-22,31H,3-4,23-25H2,1-2H3,(H,36,40). The molecule has 1 unspecified atom stereocenters. The number of likely N-dealkylation sites (N-methyl/N-ethyl adjacent to an activating group) is 1. The zero-order valence-corrected chi connectivity index (χ0v) is 25.5. The smallest absolute Gasteiger partial charge is 0.264 e. The first kappa shape index (κ1) is 32.2. The molecule has 2 amide bonds. The molecule has 0 spiro atoms. The molecule has 4 aromatic carbocycles. The molecule has 4 aromatic rings. The van der Waals surface area contributed by atoms with Crippen molar-refractivity contribution in [2.45, 2.75) is 37.8 Å². The quantitative estimate of drug-likeness (QED) is 0.210. The SMILES string of the molecule is CCNC(=O)C(Cc1ccccc1)N(Cc1ccc(F)cc1)C(=O)CN(c1ccccc1OCC)S(=O)(=O)c1ccccc1. The number of ether oxygens (including phenoxy) is 1. The van der Waals surface area contributed by atoms with Crippen LogP contribution in [0.4, 0.5) is 10.1 Å². The maximum absolute atomic E-state index is 14.4. The lowest BCUT2D eigenvalue weighted by Crippen LogP contribution is -2.53. The Kier molecular flexibility index (Phi) is 11.1. The van der Waals surface area contributed by atoms with Gasteiger partial charge in [-0.2, -0.15) is 0 Å². The third kappa shape index (κ3) is 8.02. The number of hydrogen-bond donors (Lipinski definition) is 1. The van der Waals surface area contributed by atoms with E-state index in [0.717, 1.165) is 9.87 Å². The number of carbonyl (C=O) groups excluding carboxylic acids is 2. The fraction of sp³-hybridized carbons (Fsp3) is 0.235. The molecule has 10 heteroatoms. The lowest BCUT2D eigenvalue weighted by atomic mass is 10.0. The van der Waals surface area contributed by atoms with Crippen molar-refractivity contribution in [2.24, 2.45) is 0 Å². The highest BCUT2D eigenvalue weighted by Gasteiger charge is 2.35. The number of hydrogen-bond acceptors (Lipinski definition) is 5. The third-order valence-corrected chi connectivity index (χ3v) is 8.71. The van der Waals surface area contributed by atoms with E-state index in [0.29, 0.717) is 12.1 Å². The van der Waals surface area contributed by atoms with Crippen molar-refractivity contribution in [3.8, 4) is 5.75 Å². The Morgan fingerprint density at radius 1 is 0.818 bits per heavy atom. The number of carbonyl (C=O) groups is 2. The van der Waals surface area contributed by atoms with Crippen molar-refractivity contribution in [2.75, 3.05) is 24.0 Å². The van der Waals surface area contributed by atoms with Crippen molar-refractivity contribution in [1.82, 2.24) is 10.2 Å². The Morgan fingerprint density at radius 2 is 1.43 bits per heavy atom. The average molecular weight is 618 g/mol. The Hall–Kier alpha value is -4.70. The van der Waals surface area contributed by atoms with Gasteiger partial charge in [0, 0.05) is 19.5 Å². The summed E-state index contributed by atoms with van der Waals surface area (Å²) in [4.78, 5) is 29.3. The van der Waals surface area contributed by atoms with Crippen LogP contribution in [0.1, 0.15) is 25.0 Å². The average Bonchev–Trinajstić information content (AvgIpc) is 3.04. The molecule has 230 valence electrons. The molecule has 8 nitrogen and oxygen atoms in total. The second kappa shape index (κ2) is 15.2. The molecule has 0 saturated carbocycles. The predicted molar refractivity (Wildman–Crippen MR) is 168 cm³/mol. The van der Waals surface area contributed by atoms with Crippen LogP contribution in [0.5, 0.6) is 5.75 Å². The van der Waals surface area contributed by atoms with E-state index < -0.39 is 34.3 Å². The first-order valence-corrected chi connectivity index (χ1v) is 15.8. The van der Waals surface area contributed by atoms with E-state index in [9.17, 15) is 22.4 Å². The zero-order valence-electron chi connectivity index (χ0n) is 24.7. The minimum Gasteiger partial charge on any atom is -0.492 e. The third-order valence-electron chi connectivity index (χ3n) is 6.93. The topological polar surface area (TPSA) is 96.0 Å². The van der Waals surface area contributed by atoms with Gasteiger partial charge in [0.15, 0.2) is 0 Å². The van der Waals surface area contributed by atoms with Crippen molar-refractivity contribution in [1.29, 1.82) is 0 Å². The van der Waals surface area contributed by atoms with E-state index in [2.05, 4.69) is 5.32 Å². The van der Waals surface area contributed by atoms with Gasteiger partial charge >= 0.3 is 0 Å². The molecule has 0 aromatic heterocycles. The summed E-state index contributed by atoms with van der Waals surface area (Å²) in [5.41, 5.74) is 1.58. The van der Waals surface area contributed by atoms with Crippen molar-refractivity contribution < 1.29 is 27.1 Å². The number of anilines is 1. The Bertz CT molecular complexity index is 1630. The second-order valence-corrected chi connectivity index (χ2v) is 11.8. The highest BCUT2D eigenvalue weighted by molar-refractivity contribution is 7.92. The molecule has 0 aliphatic carbocycles. The number of para-hydroxylation sites is 2.